The number of urea groups is 1. The summed E-state index contributed by atoms with van der Waals surface area (Å²) in [6.45, 7) is 5.61. The van der Waals surface area contributed by atoms with Gasteiger partial charge in [-0.1, -0.05) is 5.16 Å². The number of rotatable bonds is 7. The number of likely N-dealkylation sites (N-methyl/N-ethyl adjacent to an activating group) is 1. The number of carbonyl (C=O) groups excluding carboxylic acids is 1. The SMILES string of the molecule is CCN(Cc1noc(C2CC2)n1)C(=O)NC[C@H](C)N(C)C. The van der Waals surface area contributed by atoms with Crippen molar-refractivity contribution in [3.05, 3.63) is 11.7 Å². The van der Waals surface area contributed by atoms with Crippen LogP contribution in [-0.2, 0) is 6.54 Å². The standard InChI is InChI=1S/C14H25N5O2/c1-5-19(14(20)15-8-10(2)18(3)4)9-12-16-13(21-17-12)11-6-7-11/h10-11H,5-9H2,1-4H3,(H,15,20)/t10-/m0/s1. The second kappa shape index (κ2) is 6.89. The molecule has 118 valence electrons. The van der Waals surface area contributed by atoms with Crippen molar-refractivity contribution in [2.45, 2.75) is 45.2 Å². The lowest BCUT2D eigenvalue weighted by molar-refractivity contribution is 0.191. The molecule has 1 atom stereocenters. The third-order valence-electron chi connectivity index (χ3n) is 3.84. The molecule has 1 saturated carbocycles. The molecule has 0 saturated heterocycles. The molecule has 2 rings (SSSR count). The van der Waals surface area contributed by atoms with Gasteiger partial charge >= 0.3 is 6.03 Å². The van der Waals surface area contributed by atoms with Gasteiger partial charge in [-0.3, -0.25) is 0 Å². The Bertz CT molecular complexity index is 470. The molecule has 1 aromatic heterocycles. The first kappa shape index (κ1) is 15.8. The van der Waals surface area contributed by atoms with Crippen LogP contribution in [0.3, 0.4) is 0 Å². The van der Waals surface area contributed by atoms with E-state index in [2.05, 4.69) is 27.3 Å². The summed E-state index contributed by atoms with van der Waals surface area (Å²) in [4.78, 5) is 20.3. The van der Waals surface area contributed by atoms with Gasteiger partial charge in [-0.25, -0.2) is 4.79 Å². The summed E-state index contributed by atoms with van der Waals surface area (Å²) in [5.41, 5.74) is 0. The van der Waals surface area contributed by atoms with Crippen molar-refractivity contribution in [3.8, 4) is 0 Å². The summed E-state index contributed by atoms with van der Waals surface area (Å²) in [7, 11) is 3.99. The fourth-order valence-electron chi connectivity index (χ4n) is 1.86. The molecule has 0 unspecified atom stereocenters. The Balaban J connectivity index is 1.84. The lowest BCUT2D eigenvalue weighted by Gasteiger charge is -2.24. The van der Waals surface area contributed by atoms with E-state index >= 15 is 0 Å². The summed E-state index contributed by atoms with van der Waals surface area (Å²) < 4.78 is 5.22. The zero-order chi connectivity index (χ0) is 15.4. The van der Waals surface area contributed by atoms with Crippen molar-refractivity contribution < 1.29 is 9.32 Å². The van der Waals surface area contributed by atoms with Crippen LogP contribution >= 0.6 is 0 Å². The third-order valence-corrected chi connectivity index (χ3v) is 3.84. The average Bonchev–Trinajstić information content (AvgIpc) is 3.21. The van der Waals surface area contributed by atoms with Gasteiger partial charge in [-0.15, -0.1) is 0 Å². The van der Waals surface area contributed by atoms with E-state index in [1.54, 1.807) is 4.90 Å². The summed E-state index contributed by atoms with van der Waals surface area (Å²) in [5.74, 6) is 1.73. The Hall–Kier alpha value is -1.63. The largest absolute Gasteiger partial charge is 0.339 e. The van der Waals surface area contributed by atoms with Gasteiger partial charge in [0.2, 0.25) is 5.89 Å². The molecule has 0 spiro atoms. The second-order valence-electron chi connectivity index (χ2n) is 5.84. The summed E-state index contributed by atoms with van der Waals surface area (Å²) >= 11 is 0. The summed E-state index contributed by atoms with van der Waals surface area (Å²) in [6, 6.07) is 0.197. The second-order valence-corrected chi connectivity index (χ2v) is 5.84. The number of nitrogens with zero attached hydrogens (tertiary/aromatic N) is 4. The van der Waals surface area contributed by atoms with Crippen LogP contribution in [0, 0.1) is 0 Å². The topological polar surface area (TPSA) is 74.5 Å². The molecule has 1 heterocycles. The normalized spacial score (nSPS) is 16.0. The van der Waals surface area contributed by atoms with Crippen LogP contribution < -0.4 is 5.32 Å². The first-order valence-electron chi connectivity index (χ1n) is 7.53. The van der Waals surface area contributed by atoms with Crippen molar-refractivity contribution in [2.75, 3.05) is 27.2 Å². The molecule has 7 heteroatoms. The highest BCUT2D eigenvalue weighted by molar-refractivity contribution is 5.74. The molecule has 2 amide bonds. The van der Waals surface area contributed by atoms with Gasteiger partial charge < -0.3 is 19.6 Å². The maximum absolute atomic E-state index is 12.2. The predicted molar refractivity (Wildman–Crippen MR) is 78.9 cm³/mol. The van der Waals surface area contributed by atoms with E-state index in [0.717, 1.165) is 12.8 Å². The molecule has 0 aromatic carbocycles. The Labute approximate surface area is 125 Å². The first-order valence-corrected chi connectivity index (χ1v) is 7.53. The summed E-state index contributed by atoms with van der Waals surface area (Å²) in [6.07, 6.45) is 2.25. The van der Waals surface area contributed by atoms with Crippen molar-refractivity contribution >= 4 is 6.03 Å². The Morgan fingerprint density at radius 3 is 2.76 bits per heavy atom. The molecule has 1 aliphatic carbocycles. The summed E-state index contributed by atoms with van der Waals surface area (Å²) in [5, 5.41) is 6.89. The van der Waals surface area contributed by atoms with Gasteiger partial charge in [-0.2, -0.15) is 4.98 Å². The van der Waals surface area contributed by atoms with Crippen LogP contribution in [-0.4, -0.2) is 59.2 Å². The molecular formula is C14H25N5O2. The molecule has 1 aromatic rings. The fraction of sp³-hybridized carbons (Fsp3) is 0.786. The van der Waals surface area contributed by atoms with Crippen LogP contribution in [0.1, 0.15) is 44.3 Å². The van der Waals surface area contributed by atoms with Crippen molar-refractivity contribution in [1.29, 1.82) is 0 Å². The minimum atomic E-state index is -0.0935. The molecule has 1 fully saturated rings. The van der Waals surface area contributed by atoms with Gasteiger partial charge in [0.25, 0.3) is 0 Å². The molecule has 7 nitrogen and oxygen atoms in total. The fourth-order valence-corrected chi connectivity index (χ4v) is 1.86. The number of amides is 2. The van der Waals surface area contributed by atoms with E-state index in [0.29, 0.717) is 43.3 Å². The van der Waals surface area contributed by atoms with Crippen molar-refractivity contribution in [3.63, 3.8) is 0 Å². The molecule has 1 N–H and O–H groups in total. The van der Waals surface area contributed by atoms with Gasteiger partial charge in [0.05, 0.1) is 6.54 Å². The van der Waals surface area contributed by atoms with E-state index in [1.807, 2.05) is 21.0 Å². The molecule has 0 radical (unpaired) electrons. The Kier molecular flexibility index (Phi) is 5.17. The minimum absolute atomic E-state index is 0.0935. The Morgan fingerprint density at radius 1 is 1.48 bits per heavy atom. The van der Waals surface area contributed by atoms with Gasteiger partial charge in [0, 0.05) is 25.0 Å². The minimum Gasteiger partial charge on any atom is -0.339 e. The molecule has 0 aliphatic heterocycles. The molecular weight excluding hydrogens is 270 g/mol. The van der Waals surface area contributed by atoms with E-state index in [1.165, 1.54) is 0 Å². The number of aromatic nitrogens is 2. The first-order chi connectivity index (χ1) is 10.0. The quantitative estimate of drug-likeness (QED) is 0.823. The van der Waals surface area contributed by atoms with E-state index in [4.69, 9.17) is 4.52 Å². The smallest absolute Gasteiger partial charge is 0.317 e. The highest BCUT2D eigenvalue weighted by atomic mass is 16.5. The van der Waals surface area contributed by atoms with Crippen LogP contribution in [0.4, 0.5) is 4.79 Å². The maximum Gasteiger partial charge on any atom is 0.317 e. The highest BCUT2D eigenvalue weighted by Crippen LogP contribution is 2.38. The van der Waals surface area contributed by atoms with E-state index in [-0.39, 0.29) is 6.03 Å². The molecule has 21 heavy (non-hydrogen) atoms. The van der Waals surface area contributed by atoms with E-state index < -0.39 is 0 Å². The monoisotopic (exact) mass is 295 g/mol. The van der Waals surface area contributed by atoms with E-state index in [9.17, 15) is 4.79 Å². The van der Waals surface area contributed by atoms with Gasteiger partial charge in [-0.05, 0) is 40.8 Å². The Morgan fingerprint density at radius 2 is 2.19 bits per heavy atom. The van der Waals surface area contributed by atoms with Crippen LogP contribution in [0.25, 0.3) is 0 Å². The van der Waals surface area contributed by atoms with Crippen molar-refractivity contribution in [1.82, 2.24) is 25.3 Å². The lowest BCUT2D eigenvalue weighted by Crippen LogP contribution is -2.44. The third kappa shape index (κ3) is 4.42. The van der Waals surface area contributed by atoms with Crippen LogP contribution in [0.2, 0.25) is 0 Å². The van der Waals surface area contributed by atoms with Gasteiger partial charge in [0.15, 0.2) is 5.82 Å². The molecule has 1 aliphatic rings. The molecule has 0 bridgehead atoms. The number of hydrogen-bond acceptors (Lipinski definition) is 5. The maximum atomic E-state index is 12.2. The highest BCUT2D eigenvalue weighted by Gasteiger charge is 2.30. The van der Waals surface area contributed by atoms with Crippen LogP contribution in [0.5, 0.6) is 0 Å². The predicted octanol–water partition coefficient (Wildman–Crippen LogP) is 1.43. The average molecular weight is 295 g/mol. The number of hydrogen-bond donors (Lipinski definition) is 1. The lowest BCUT2D eigenvalue weighted by atomic mass is 10.3. The van der Waals surface area contributed by atoms with Crippen LogP contribution in [0.15, 0.2) is 4.52 Å². The van der Waals surface area contributed by atoms with Gasteiger partial charge in [0.1, 0.15) is 0 Å². The number of nitrogens with one attached hydrogen (secondary N) is 1. The zero-order valence-corrected chi connectivity index (χ0v) is 13.3. The zero-order valence-electron chi connectivity index (χ0n) is 13.3. The van der Waals surface area contributed by atoms with Crippen molar-refractivity contribution in [2.24, 2.45) is 0 Å². The number of carbonyl (C=O) groups is 1.